The highest BCUT2D eigenvalue weighted by Crippen LogP contribution is 2.02. The van der Waals surface area contributed by atoms with Gasteiger partial charge in [0.15, 0.2) is 0 Å². The molecule has 21 heavy (non-hydrogen) atoms. The van der Waals surface area contributed by atoms with E-state index < -0.39 is 0 Å². The number of nitrogens with zero attached hydrogens (tertiary/aromatic N) is 1. The molecule has 0 spiro atoms. The van der Waals surface area contributed by atoms with Crippen LogP contribution in [0.5, 0.6) is 0 Å². The molecule has 0 radical (unpaired) electrons. The second-order valence-electron chi connectivity index (χ2n) is 5.15. The number of rotatable bonds is 8. The lowest BCUT2D eigenvalue weighted by molar-refractivity contribution is 0.0933. The van der Waals surface area contributed by atoms with E-state index in [0.29, 0.717) is 6.54 Å². The van der Waals surface area contributed by atoms with E-state index in [1.807, 2.05) is 13.8 Å². The SMILES string of the molecule is CCCCCNC(=O)c1cccc(C(=O)NC(C)CC)n1. The van der Waals surface area contributed by atoms with Gasteiger partial charge in [-0.1, -0.05) is 32.8 Å². The topological polar surface area (TPSA) is 71.1 Å². The van der Waals surface area contributed by atoms with Crippen molar-refractivity contribution in [3.05, 3.63) is 29.6 Å². The summed E-state index contributed by atoms with van der Waals surface area (Å²) in [4.78, 5) is 28.1. The summed E-state index contributed by atoms with van der Waals surface area (Å²) >= 11 is 0. The maximum absolute atomic E-state index is 12.0. The fraction of sp³-hybridized carbons (Fsp3) is 0.562. The van der Waals surface area contributed by atoms with Crippen LogP contribution in [-0.2, 0) is 0 Å². The minimum Gasteiger partial charge on any atom is -0.351 e. The quantitative estimate of drug-likeness (QED) is 0.723. The van der Waals surface area contributed by atoms with Crippen molar-refractivity contribution in [2.24, 2.45) is 0 Å². The van der Waals surface area contributed by atoms with Crippen molar-refractivity contribution < 1.29 is 9.59 Å². The van der Waals surface area contributed by atoms with E-state index in [-0.39, 0.29) is 29.2 Å². The molecule has 0 fully saturated rings. The molecular weight excluding hydrogens is 266 g/mol. The summed E-state index contributed by atoms with van der Waals surface area (Å²) in [5.74, 6) is -0.478. The van der Waals surface area contributed by atoms with Gasteiger partial charge in [-0.05, 0) is 31.9 Å². The van der Waals surface area contributed by atoms with Crippen molar-refractivity contribution >= 4 is 11.8 Å². The van der Waals surface area contributed by atoms with Crippen molar-refractivity contribution in [2.45, 2.75) is 52.5 Å². The largest absolute Gasteiger partial charge is 0.351 e. The molecule has 1 atom stereocenters. The first kappa shape index (κ1) is 17.1. The number of carbonyl (C=O) groups excluding carboxylic acids is 2. The van der Waals surface area contributed by atoms with Gasteiger partial charge in [-0.2, -0.15) is 0 Å². The van der Waals surface area contributed by atoms with E-state index in [2.05, 4.69) is 22.5 Å². The molecule has 1 unspecified atom stereocenters. The third kappa shape index (κ3) is 5.94. The van der Waals surface area contributed by atoms with Crippen molar-refractivity contribution in [2.75, 3.05) is 6.54 Å². The molecule has 0 aliphatic carbocycles. The minimum absolute atomic E-state index is 0.0887. The number of aromatic nitrogens is 1. The lowest BCUT2D eigenvalue weighted by Gasteiger charge is -2.11. The van der Waals surface area contributed by atoms with E-state index in [1.165, 1.54) is 0 Å². The molecule has 0 aliphatic heterocycles. The Balaban J connectivity index is 2.62. The van der Waals surface area contributed by atoms with E-state index in [9.17, 15) is 9.59 Å². The molecule has 116 valence electrons. The molecule has 5 nitrogen and oxygen atoms in total. The Hall–Kier alpha value is -1.91. The monoisotopic (exact) mass is 291 g/mol. The van der Waals surface area contributed by atoms with E-state index in [1.54, 1.807) is 18.2 Å². The highest BCUT2D eigenvalue weighted by Gasteiger charge is 2.13. The van der Waals surface area contributed by atoms with Crippen LogP contribution < -0.4 is 10.6 Å². The Bertz CT molecular complexity index is 474. The third-order valence-electron chi connectivity index (χ3n) is 3.27. The van der Waals surface area contributed by atoms with Gasteiger partial charge in [-0.25, -0.2) is 4.98 Å². The van der Waals surface area contributed by atoms with Crippen molar-refractivity contribution in [3.63, 3.8) is 0 Å². The van der Waals surface area contributed by atoms with Crippen LogP contribution in [0.4, 0.5) is 0 Å². The maximum atomic E-state index is 12.0. The normalized spacial score (nSPS) is 11.8. The smallest absolute Gasteiger partial charge is 0.270 e. The average Bonchev–Trinajstić information content (AvgIpc) is 2.51. The van der Waals surface area contributed by atoms with E-state index >= 15 is 0 Å². The predicted molar refractivity (Wildman–Crippen MR) is 83.3 cm³/mol. The molecule has 2 amide bonds. The number of pyridine rings is 1. The first-order chi connectivity index (χ1) is 10.1. The molecule has 1 aromatic rings. The first-order valence-corrected chi connectivity index (χ1v) is 7.64. The van der Waals surface area contributed by atoms with Gasteiger partial charge in [0.25, 0.3) is 11.8 Å². The Morgan fingerprint density at radius 2 is 1.81 bits per heavy atom. The zero-order valence-corrected chi connectivity index (χ0v) is 13.1. The number of hydrogen-bond donors (Lipinski definition) is 2. The second-order valence-corrected chi connectivity index (χ2v) is 5.15. The van der Waals surface area contributed by atoms with Crippen LogP contribution in [0.1, 0.15) is 67.4 Å². The molecule has 5 heteroatoms. The first-order valence-electron chi connectivity index (χ1n) is 7.64. The van der Waals surface area contributed by atoms with Crippen LogP contribution in [0.25, 0.3) is 0 Å². The molecule has 1 heterocycles. The number of amides is 2. The Morgan fingerprint density at radius 3 is 2.43 bits per heavy atom. The second kappa shape index (κ2) is 9.10. The molecular formula is C16H25N3O2. The van der Waals surface area contributed by atoms with Gasteiger partial charge in [0.05, 0.1) is 0 Å². The van der Waals surface area contributed by atoms with Crippen LogP contribution in [0.2, 0.25) is 0 Å². The summed E-state index contributed by atoms with van der Waals surface area (Å²) < 4.78 is 0. The van der Waals surface area contributed by atoms with Gasteiger partial charge in [0.1, 0.15) is 11.4 Å². The summed E-state index contributed by atoms with van der Waals surface area (Å²) in [7, 11) is 0. The molecule has 1 aromatic heterocycles. The molecule has 0 saturated carbocycles. The van der Waals surface area contributed by atoms with Crippen LogP contribution in [0.15, 0.2) is 18.2 Å². The van der Waals surface area contributed by atoms with Gasteiger partial charge in [0, 0.05) is 12.6 Å². The summed E-state index contributed by atoms with van der Waals surface area (Å²) in [6.45, 7) is 6.68. The molecule has 0 aliphatic rings. The number of nitrogens with one attached hydrogen (secondary N) is 2. The van der Waals surface area contributed by atoms with Gasteiger partial charge in [-0.15, -0.1) is 0 Å². The standard InChI is InChI=1S/C16H25N3O2/c1-4-6-7-11-17-15(20)13-9-8-10-14(19-13)16(21)18-12(3)5-2/h8-10,12H,4-7,11H2,1-3H3,(H,17,20)(H,18,21). The Kier molecular flexibility index (Phi) is 7.43. The number of hydrogen-bond acceptors (Lipinski definition) is 3. The summed E-state index contributed by atoms with van der Waals surface area (Å²) in [5, 5.41) is 5.66. The Morgan fingerprint density at radius 1 is 1.14 bits per heavy atom. The lowest BCUT2D eigenvalue weighted by Crippen LogP contribution is -2.33. The minimum atomic E-state index is -0.245. The Labute approximate surface area is 126 Å². The summed E-state index contributed by atoms with van der Waals surface area (Å²) in [6, 6.07) is 5.01. The molecule has 1 rings (SSSR count). The molecule has 0 aromatic carbocycles. The third-order valence-corrected chi connectivity index (χ3v) is 3.27. The summed E-state index contributed by atoms with van der Waals surface area (Å²) in [5.41, 5.74) is 0.555. The fourth-order valence-electron chi connectivity index (χ4n) is 1.75. The highest BCUT2D eigenvalue weighted by atomic mass is 16.2. The molecule has 0 bridgehead atoms. The zero-order chi connectivity index (χ0) is 15.7. The lowest BCUT2D eigenvalue weighted by atomic mass is 10.2. The molecule has 2 N–H and O–H groups in total. The van der Waals surface area contributed by atoms with Crippen molar-refractivity contribution in [3.8, 4) is 0 Å². The van der Waals surface area contributed by atoms with Gasteiger partial charge in [-0.3, -0.25) is 9.59 Å². The van der Waals surface area contributed by atoms with Crippen molar-refractivity contribution in [1.82, 2.24) is 15.6 Å². The number of carbonyl (C=O) groups is 2. The fourth-order valence-corrected chi connectivity index (χ4v) is 1.75. The van der Waals surface area contributed by atoms with Crippen LogP contribution in [-0.4, -0.2) is 29.4 Å². The van der Waals surface area contributed by atoms with Crippen LogP contribution >= 0.6 is 0 Å². The van der Waals surface area contributed by atoms with Crippen molar-refractivity contribution in [1.29, 1.82) is 0 Å². The summed E-state index contributed by atoms with van der Waals surface area (Å²) in [6.07, 6.45) is 4.00. The average molecular weight is 291 g/mol. The van der Waals surface area contributed by atoms with E-state index in [0.717, 1.165) is 25.7 Å². The molecule has 0 saturated heterocycles. The van der Waals surface area contributed by atoms with Gasteiger partial charge >= 0.3 is 0 Å². The number of unbranched alkanes of at least 4 members (excludes halogenated alkanes) is 2. The van der Waals surface area contributed by atoms with Crippen LogP contribution in [0, 0.1) is 0 Å². The predicted octanol–water partition coefficient (Wildman–Crippen LogP) is 2.53. The van der Waals surface area contributed by atoms with Crippen LogP contribution in [0.3, 0.4) is 0 Å². The van der Waals surface area contributed by atoms with Gasteiger partial charge < -0.3 is 10.6 Å². The van der Waals surface area contributed by atoms with Gasteiger partial charge in [0.2, 0.25) is 0 Å². The van der Waals surface area contributed by atoms with E-state index in [4.69, 9.17) is 0 Å². The maximum Gasteiger partial charge on any atom is 0.270 e. The zero-order valence-electron chi connectivity index (χ0n) is 13.1. The highest BCUT2D eigenvalue weighted by molar-refractivity contribution is 5.96.